The Labute approximate surface area is 226 Å². The van der Waals surface area contributed by atoms with Crippen LogP contribution in [-0.4, -0.2) is 51.8 Å². The highest BCUT2D eigenvalue weighted by molar-refractivity contribution is 6.08. The second-order valence-corrected chi connectivity index (χ2v) is 9.71. The number of amides is 2. The highest BCUT2D eigenvalue weighted by Gasteiger charge is 2.36. The Kier molecular flexibility index (Phi) is 7.79. The molecule has 1 saturated heterocycles. The van der Waals surface area contributed by atoms with Crippen molar-refractivity contribution >= 4 is 34.3 Å². The molecule has 1 N–H and O–H groups in total. The fourth-order valence-corrected chi connectivity index (χ4v) is 5.04. The first-order chi connectivity index (χ1) is 18.9. The number of aromatic nitrogens is 3. The molecule has 0 aliphatic carbocycles. The van der Waals surface area contributed by atoms with E-state index in [9.17, 15) is 14.4 Å². The van der Waals surface area contributed by atoms with E-state index < -0.39 is 11.9 Å². The highest BCUT2D eigenvalue weighted by atomic mass is 16.5. The van der Waals surface area contributed by atoms with Crippen molar-refractivity contribution in [1.82, 2.24) is 20.3 Å². The Morgan fingerprint density at radius 3 is 2.56 bits per heavy atom. The first-order valence-corrected chi connectivity index (χ1v) is 13.1. The van der Waals surface area contributed by atoms with Crippen LogP contribution < -0.4 is 10.2 Å². The lowest BCUT2D eigenvalue weighted by Gasteiger charge is -2.33. The zero-order chi connectivity index (χ0) is 27.4. The van der Waals surface area contributed by atoms with Crippen molar-refractivity contribution in [2.24, 2.45) is 0 Å². The maximum atomic E-state index is 14.2. The Morgan fingerprint density at radius 1 is 1.05 bits per heavy atom. The van der Waals surface area contributed by atoms with Gasteiger partial charge in [-0.2, -0.15) is 0 Å². The van der Waals surface area contributed by atoms with Gasteiger partial charge in [-0.15, -0.1) is 5.10 Å². The number of rotatable bonds is 9. The van der Waals surface area contributed by atoms with Gasteiger partial charge < -0.3 is 10.1 Å². The molecular weight excluding hydrogens is 494 g/mol. The number of fused-ring (bicyclic) bond motifs is 1. The van der Waals surface area contributed by atoms with Gasteiger partial charge in [-0.05, 0) is 62.1 Å². The molecule has 2 unspecified atom stereocenters. The van der Waals surface area contributed by atoms with Crippen molar-refractivity contribution in [3.8, 4) is 0 Å². The largest absolute Gasteiger partial charge is 0.376 e. The van der Waals surface area contributed by atoms with Crippen LogP contribution in [0.15, 0.2) is 72.8 Å². The molecule has 5 rings (SSSR count). The third-order valence-corrected chi connectivity index (χ3v) is 7.03. The Balaban J connectivity index is 1.60. The number of para-hydroxylation sites is 2. The van der Waals surface area contributed by atoms with Crippen LogP contribution in [-0.2, 0) is 20.9 Å². The number of ketones is 1. The number of hydrogen-bond donors (Lipinski definition) is 1. The summed E-state index contributed by atoms with van der Waals surface area (Å²) < 4.78 is 7.22. The predicted octanol–water partition coefficient (Wildman–Crippen LogP) is 4.01. The summed E-state index contributed by atoms with van der Waals surface area (Å²) in [6, 6.07) is 20.7. The maximum Gasteiger partial charge on any atom is 0.249 e. The number of carbonyl (C=O) groups is 3. The van der Waals surface area contributed by atoms with Gasteiger partial charge in [0, 0.05) is 18.7 Å². The van der Waals surface area contributed by atoms with Crippen molar-refractivity contribution in [2.45, 2.75) is 45.4 Å². The molecule has 0 radical (unpaired) electrons. The summed E-state index contributed by atoms with van der Waals surface area (Å²) in [7, 11) is 0. The number of aryl methyl sites for hydroxylation is 1. The third kappa shape index (κ3) is 5.58. The van der Waals surface area contributed by atoms with Crippen LogP contribution in [0, 0.1) is 6.92 Å². The second kappa shape index (κ2) is 11.6. The van der Waals surface area contributed by atoms with Crippen LogP contribution in [0.4, 0.5) is 5.69 Å². The van der Waals surface area contributed by atoms with Gasteiger partial charge in [-0.1, -0.05) is 53.7 Å². The van der Waals surface area contributed by atoms with Crippen molar-refractivity contribution in [3.63, 3.8) is 0 Å². The smallest absolute Gasteiger partial charge is 0.249 e. The number of anilines is 1. The molecule has 9 nitrogen and oxygen atoms in total. The van der Waals surface area contributed by atoms with E-state index in [0.717, 1.165) is 18.4 Å². The van der Waals surface area contributed by atoms with Crippen LogP contribution >= 0.6 is 0 Å². The molecule has 1 aromatic heterocycles. The van der Waals surface area contributed by atoms with Crippen molar-refractivity contribution in [2.75, 3.05) is 18.1 Å². The summed E-state index contributed by atoms with van der Waals surface area (Å²) in [4.78, 5) is 42.4. The number of carbonyl (C=O) groups excluding carboxylic acids is 3. The van der Waals surface area contributed by atoms with E-state index in [1.54, 1.807) is 24.3 Å². The molecule has 0 saturated carbocycles. The lowest BCUT2D eigenvalue weighted by atomic mass is 9.96. The second-order valence-electron chi connectivity index (χ2n) is 9.71. The topological polar surface area (TPSA) is 106 Å². The summed E-state index contributed by atoms with van der Waals surface area (Å²) in [5.41, 5.74) is 3.57. The van der Waals surface area contributed by atoms with Gasteiger partial charge in [-0.25, -0.2) is 4.68 Å². The SMILES string of the molecule is CC(=O)c1ccccc1N(C(=O)Cn1nnc2ccccc21)C(C(=O)NCC1CCCO1)c1ccccc1C. The molecule has 1 aliphatic rings. The van der Waals surface area contributed by atoms with Crippen LogP contribution in [0.2, 0.25) is 0 Å². The molecule has 200 valence electrons. The average Bonchev–Trinajstić information content (AvgIpc) is 3.61. The van der Waals surface area contributed by atoms with E-state index in [4.69, 9.17) is 4.74 Å². The van der Waals surface area contributed by atoms with Crippen molar-refractivity contribution in [3.05, 3.63) is 89.5 Å². The lowest BCUT2D eigenvalue weighted by molar-refractivity contribution is -0.127. The molecule has 0 spiro atoms. The molecule has 0 bridgehead atoms. The molecule has 4 aromatic rings. The molecule has 1 aliphatic heterocycles. The van der Waals surface area contributed by atoms with Gasteiger partial charge in [0.15, 0.2) is 5.78 Å². The van der Waals surface area contributed by atoms with Crippen molar-refractivity contribution in [1.29, 1.82) is 0 Å². The first-order valence-electron chi connectivity index (χ1n) is 13.1. The number of ether oxygens (including phenoxy) is 1. The Morgan fingerprint density at radius 2 is 1.79 bits per heavy atom. The molecule has 2 amide bonds. The van der Waals surface area contributed by atoms with E-state index in [-0.39, 0.29) is 24.3 Å². The summed E-state index contributed by atoms with van der Waals surface area (Å²) in [5.74, 6) is -0.965. The van der Waals surface area contributed by atoms with E-state index in [1.165, 1.54) is 16.5 Å². The number of nitrogens with one attached hydrogen (secondary N) is 1. The van der Waals surface area contributed by atoms with Gasteiger partial charge in [-0.3, -0.25) is 19.3 Å². The average molecular weight is 526 g/mol. The third-order valence-electron chi connectivity index (χ3n) is 7.03. The lowest BCUT2D eigenvalue weighted by Crippen LogP contribution is -2.47. The highest BCUT2D eigenvalue weighted by Crippen LogP contribution is 2.33. The molecule has 9 heteroatoms. The van der Waals surface area contributed by atoms with Crippen LogP contribution in [0.5, 0.6) is 0 Å². The van der Waals surface area contributed by atoms with Gasteiger partial charge >= 0.3 is 0 Å². The minimum absolute atomic E-state index is 0.0679. The number of Topliss-reactive ketones (excluding diaryl/α,β-unsaturated/α-hetero) is 1. The number of nitrogens with zero attached hydrogens (tertiary/aromatic N) is 4. The van der Waals surface area contributed by atoms with Gasteiger partial charge in [0.2, 0.25) is 11.8 Å². The van der Waals surface area contributed by atoms with Crippen LogP contribution in [0.1, 0.15) is 47.3 Å². The predicted molar refractivity (Wildman–Crippen MR) is 147 cm³/mol. The number of hydrogen-bond acceptors (Lipinski definition) is 6. The van der Waals surface area contributed by atoms with Gasteiger partial charge in [0.1, 0.15) is 18.1 Å². The normalized spacial score (nSPS) is 15.7. The molecule has 3 aromatic carbocycles. The fourth-order valence-electron chi connectivity index (χ4n) is 5.04. The Hall–Kier alpha value is -4.37. The monoisotopic (exact) mass is 525 g/mol. The van der Waals surface area contributed by atoms with Crippen LogP contribution in [0.3, 0.4) is 0 Å². The van der Waals surface area contributed by atoms with E-state index in [1.807, 2.05) is 55.5 Å². The van der Waals surface area contributed by atoms with E-state index in [2.05, 4.69) is 15.6 Å². The molecule has 2 atom stereocenters. The minimum Gasteiger partial charge on any atom is -0.376 e. The summed E-state index contributed by atoms with van der Waals surface area (Å²) in [5, 5.41) is 11.4. The minimum atomic E-state index is -1.03. The molecule has 1 fully saturated rings. The Bertz CT molecular complexity index is 1510. The van der Waals surface area contributed by atoms with Crippen molar-refractivity contribution < 1.29 is 19.1 Å². The molecular formula is C30H31N5O4. The zero-order valence-corrected chi connectivity index (χ0v) is 22.0. The zero-order valence-electron chi connectivity index (χ0n) is 22.0. The summed E-state index contributed by atoms with van der Waals surface area (Å²) in [6.45, 7) is 4.19. The van der Waals surface area contributed by atoms with Gasteiger partial charge in [0.25, 0.3) is 0 Å². The summed E-state index contributed by atoms with van der Waals surface area (Å²) in [6.07, 6.45) is 1.75. The van der Waals surface area contributed by atoms with Gasteiger partial charge in [0.05, 0.1) is 17.3 Å². The molecule has 39 heavy (non-hydrogen) atoms. The quantitative estimate of drug-likeness (QED) is 0.331. The van der Waals surface area contributed by atoms with E-state index in [0.29, 0.717) is 41.0 Å². The fraction of sp³-hybridized carbons (Fsp3) is 0.300. The van der Waals surface area contributed by atoms with Crippen LogP contribution in [0.25, 0.3) is 11.0 Å². The maximum absolute atomic E-state index is 14.2. The van der Waals surface area contributed by atoms with E-state index >= 15 is 0 Å². The number of benzene rings is 3. The standard InChI is InChI=1S/C30H31N5O4/c1-20-10-3-4-12-23(20)29(30(38)31-18-22-11-9-17-39-22)35(26-15-7-5-13-24(26)21(2)36)28(37)19-34-27-16-8-6-14-25(27)32-33-34/h3-8,10,12-16,22,29H,9,11,17-19H2,1-2H3,(H,31,38). The summed E-state index contributed by atoms with van der Waals surface area (Å²) >= 11 is 0. The first kappa shape index (κ1) is 26.2. The molecule has 2 heterocycles.